The molecule has 1 unspecified atom stereocenters. The highest BCUT2D eigenvalue weighted by Crippen LogP contribution is 2.34. The summed E-state index contributed by atoms with van der Waals surface area (Å²) in [6.07, 6.45) is 2.76. The zero-order chi connectivity index (χ0) is 20.8. The van der Waals surface area contributed by atoms with Gasteiger partial charge in [-0.05, 0) is 61.1 Å². The molecule has 1 aliphatic heterocycles. The van der Waals surface area contributed by atoms with Crippen LogP contribution in [-0.4, -0.2) is 38.6 Å². The average molecular weight is 411 g/mol. The molecule has 1 atom stereocenters. The van der Waals surface area contributed by atoms with Crippen LogP contribution >= 0.6 is 11.8 Å². The second kappa shape index (κ2) is 7.37. The van der Waals surface area contributed by atoms with Gasteiger partial charge in [0.25, 0.3) is 11.5 Å². The van der Waals surface area contributed by atoms with Crippen molar-refractivity contribution in [2.24, 2.45) is 5.41 Å². The third-order valence-electron chi connectivity index (χ3n) is 5.90. The summed E-state index contributed by atoms with van der Waals surface area (Å²) in [7, 11) is 0. The van der Waals surface area contributed by atoms with Crippen LogP contribution < -0.4 is 10.9 Å². The maximum atomic E-state index is 12.8. The van der Waals surface area contributed by atoms with E-state index in [2.05, 4.69) is 22.3 Å². The summed E-state index contributed by atoms with van der Waals surface area (Å²) < 4.78 is 1.53. The molecule has 2 aromatic heterocycles. The van der Waals surface area contributed by atoms with E-state index in [4.69, 9.17) is 0 Å². The van der Waals surface area contributed by atoms with E-state index in [1.165, 1.54) is 10.1 Å². The van der Waals surface area contributed by atoms with Crippen LogP contribution in [0, 0.1) is 26.2 Å². The van der Waals surface area contributed by atoms with E-state index in [1.54, 1.807) is 13.1 Å². The Morgan fingerprint density at radius 1 is 1.31 bits per heavy atom. The van der Waals surface area contributed by atoms with E-state index < -0.39 is 0 Å². The number of aromatic nitrogens is 3. The third-order valence-corrected chi connectivity index (χ3v) is 7.29. The smallest absolute Gasteiger partial charge is 0.275 e. The van der Waals surface area contributed by atoms with Crippen molar-refractivity contribution < 1.29 is 4.79 Å². The van der Waals surface area contributed by atoms with Gasteiger partial charge in [-0.15, -0.1) is 5.10 Å². The summed E-state index contributed by atoms with van der Waals surface area (Å²) in [5.74, 6) is 2.54. The monoisotopic (exact) mass is 410 g/mol. The highest BCUT2D eigenvalue weighted by atomic mass is 32.2. The number of hydrogen-bond donors (Lipinski definition) is 2. The number of carbonyl (C=O) groups is 1. The molecule has 1 fully saturated rings. The highest BCUT2D eigenvalue weighted by molar-refractivity contribution is 7.99. The predicted octanol–water partition coefficient (Wildman–Crippen LogP) is 3.49. The van der Waals surface area contributed by atoms with Gasteiger partial charge >= 0.3 is 0 Å². The number of hydrogen-bond acceptors (Lipinski definition) is 4. The van der Waals surface area contributed by atoms with Gasteiger partial charge < -0.3 is 10.3 Å². The molecule has 0 bridgehead atoms. The van der Waals surface area contributed by atoms with Crippen molar-refractivity contribution >= 4 is 23.2 Å². The number of thioether (sulfide) groups is 1. The normalized spacial score (nSPS) is 19.0. The van der Waals surface area contributed by atoms with Gasteiger partial charge in [0.2, 0.25) is 0 Å². The van der Waals surface area contributed by atoms with Crippen molar-refractivity contribution in [3.63, 3.8) is 0 Å². The van der Waals surface area contributed by atoms with Crippen LogP contribution in [0.2, 0.25) is 0 Å². The van der Waals surface area contributed by atoms with E-state index in [0.29, 0.717) is 29.0 Å². The molecule has 0 radical (unpaired) electrons. The first-order valence-electron chi connectivity index (χ1n) is 9.83. The van der Waals surface area contributed by atoms with Crippen LogP contribution in [0.4, 0.5) is 0 Å². The SMILES string of the molecule is Cc1ccc(-c2nn3cc(C(=O)NCC4(C)CCSC4)c(C)c3c(=O)[nH]2)cc1C. The Hall–Kier alpha value is -2.54. The van der Waals surface area contributed by atoms with Crippen LogP contribution in [0.15, 0.2) is 29.2 Å². The Bertz CT molecular complexity index is 1160. The topological polar surface area (TPSA) is 79.3 Å². The molecule has 6 nitrogen and oxygen atoms in total. The molecule has 0 saturated carbocycles. The fourth-order valence-corrected chi connectivity index (χ4v) is 5.24. The summed E-state index contributed by atoms with van der Waals surface area (Å²) in [6, 6.07) is 5.96. The first kappa shape index (κ1) is 19.8. The molecule has 3 aromatic rings. The third kappa shape index (κ3) is 3.71. The molecule has 1 amide bonds. The van der Waals surface area contributed by atoms with E-state index in [9.17, 15) is 9.59 Å². The lowest BCUT2D eigenvalue weighted by atomic mass is 9.90. The molecule has 0 spiro atoms. The minimum atomic E-state index is -0.246. The van der Waals surface area contributed by atoms with E-state index in [0.717, 1.165) is 29.1 Å². The number of aromatic amines is 1. The lowest BCUT2D eigenvalue weighted by Crippen LogP contribution is -2.35. The quantitative estimate of drug-likeness (QED) is 0.690. The Labute approximate surface area is 174 Å². The van der Waals surface area contributed by atoms with Crippen LogP contribution in [0.3, 0.4) is 0 Å². The number of nitrogens with zero attached hydrogens (tertiary/aromatic N) is 2. The van der Waals surface area contributed by atoms with E-state index in [-0.39, 0.29) is 16.9 Å². The van der Waals surface area contributed by atoms with Crippen molar-refractivity contribution in [2.75, 3.05) is 18.1 Å². The molecule has 3 heterocycles. The number of nitrogens with one attached hydrogen (secondary N) is 2. The fraction of sp³-hybridized carbons (Fsp3) is 0.409. The average Bonchev–Trinajstić information content (AvgIpc) is 3.26. The molecule has 2 N–H and O–H groups in total. The number of fused-ring (bicyclic) bond motifs is 1. The number of benzene rings is 1. The highest BCUT2D eigenvalue weighted by Gasteiger charge is 2.30. The maximum Gasteiger partial charge on any atom is 0.275 e. The first-order valence-corrected chi connectivity index (χ1v) is 11.0. The van der Waals surface area contributed by atoms with Crippen LogP contribution in [0.25, 0.3) is 16.9 Å². The summed E-state index contributed by atoms with van der Waals surface area (Å²) in [5.41, 5.74) is 4.60. The van der Waals surface area contributed by atoms with Gasteiger partial charge in [0.15, 0.2) is 5.82 Å². The predicted molar refractivity (Wildman–Crippen MR) is 118 cm³/mol. The van der Waals surface area contributed by atoms with Gasteiger partial charge in [-0.2, -0.15) is 11.8 Å². The molecular formula is C22H26N4O2S. The molecule has 0 aliphatic carbocycles. The lowest BCUT2D eigenvalue weighted by Gasteiger charge is -2.22. The summed E-state index contributed by atoms with van der Waals surface area (Å²) >= 11 is 1.93. The summed E-state index contributed by atoms with van der Waals surface area (Å²) in [4.78, 5) is 28.4. The number of rotatable bonds is 4. The molecule has 29 heavy (non-hydrogen) atoms. The number of aryl methyl sites for hydroxylation is 3. The number of H-pyrrole nitrogens is 1. The molecule has 152 valence electrons. The summed E-state index contributed by atoms with van der Waals surface area (Å²) in [6.45, 7) is 8.72. The van der Waals surface area contributed by atoms with Gasteiger partial charge in [-0.3, -0.25) is 9.59 Å². The largest absolute Gasteiger partial charge is 0.351 e. The van der Waals surface area contributed by atoms with Crippen molar-refractivity contribution in [1.29, 1.82) is 0 Å². The van der Waals surface area contributed by atoms with Gasteiger partial charge in [0.05, 0.1) is 5.56 Å². The maximum absolute atomic E-state index is 12.8. The van der Waals surface area contributed by atoms with Crippen LogP contribution in [-0.2, 0) is 0 Å². The van der Waals surface area contributed by atoms with Crippen molar-refractivity contribution in [2.45, 2.75) is 34.1 Å². The lowest BCUT2D eigenvalue weighted by molar-refractivity contribution is 0.0937. The molecular weight excluding hydrogens is 384 g/mol. The molecule has 1 saturated heterocycles. The van der Waals surface area contributed by atoms with Gasteiger partial charge in [0, 0.05) is 24.1 Å². The van der Waals surface area contributed by atoms with Gasteiger partial charge in [-0.1, -0.05) is 19.1 Å². The number of amides is 1. The van der Waals surface area contributed by atoms with Gasteiger partial charge in [0.1, 0.15) is 5.52 Å². The summed E-state index contributed by atoms with van der Waals surface area (Å²) in [5, 5.41) is 7.63. The molecule has 1 aromatic carbocycles. The Balaban J connectivity index is 1.67. The Morgan fingerprint density at radius 2 is 2.10 bits per heavy atom. The van der Waals surface area contributed by atoms with Crippen LogP contribution in [0.1, 0.15) is 40.4 Å². The standard InChI is InChI=1S/C22H26N4O2S/c1-13-5-6-16(9-14(13)2)19-24-21(28)18-15(3)17(10-26(18)25-19)20(27)23-11-22(4)7-8-29-12-22/h5-6,9-10H,7-8,11-12H2,1-4H3,(H,23,27)(H,24,25,28). The first-order chi connectivity index (χ1) is 13.8. The van der Waals surface area contributed by atoms with E-state index >= 15 is 0 Å². The van der Waals surface area contributed by atoms with Crippen molar-refractivity contribution in [3.8, 4) is 11.4 Å². The molecule has 7 heteroatoms. The number of carbonyl (C=O) groups excluding carboxylic acids is 1. The minimum absolute atomic E-state index is 0.138. The van der Waals surface area contributed by atoms with Crippen LogP contribution in [0.5, 0.6) is 0 Å². The van der Waals surface area contributed by atoms with E-state index in [1.807, 2.05) is 43.8 Å². The molecule has 1 aliphatic rings. The second-order valence-electron chi connectivity index (χ2n) is 8.36. The second-order valence-corrected chi connectivity index (χ2v) is 9.46. The molecule has 4 rings (SSSR count). The zero-order valence-electron chi connectivity index (χ0n) is 17.3. The fourth-order valence-electron chi connectivity index (χ4n) is 3.72. The van der Waals surface area contributed by atoms with Crippen molar-refractivity contribution in [3.05, 3.63) is 57.0 Å². The van der Waals surface area contributed by atoms with Gasteiger partial charge in [-0.25, -0.2) is 4.52 Å². The van der Waals surface area contributed by atoms with Crippen molar-refractivity contribution in [1.82, 2.24) is 19.9 Å². The zero-order valence-corrected chi connectivity index (χ0v) is 18.1. The minimum Gasteiger partial charge on any atom is -0.351 e. The Morgan fingerprint density at radius 3 is 2.79 bits per heavy atom. The Kier molecular flexibility index (Phi) is 5.02.